The highest BCUT2D eigenvalue weighted by atomic mass is 15.1. The lowest BCUT2D eigenvalue weighted by Gasteiger charge is -2.26. The molecule has 0 spiro atoms. The van der Waals surface area contributed by atoms with E-state index in [9.17, 15) is 5.48 Å². The summed E-state index contributed by atoms with van der Waals surface area (Å²) in [6.07, 6.45) is 0. The number of hydrogen-bond donors (Lipinski definition) is 0. The van der Waals surface area contributed by atoms with E-state index in [4.69, 9.17) is 5.48 Å². The standard InChI is InChI=1S/C48H34N2/c1-4-13-35(14-5-1)37-23-28-42(29-24-37)49(43-30-25-38(26-31-43)36-15-6-2-7-16-36)44-20-12-17-39(33-44)40-27-32-48-46(34-40)45-21-10-11-22-47(45)50(48)41-18-8-3-9-19-41/h1-34H/i23D,24D,25D,26D,28D,29D,30D,31D. The van der Waals surface area contributed by atoms with Crippen LogP contribution in [0.3, 0.4) is 0 Å². The average molecular weight is 647 g/mol. The van der Waals surface area contributed by atoms with Gasteiger partial charge in [-0.05, 0) is 100 Å². The van der Waals surface area contributed by atoms with E-state index in [1.165, 1.54) is 4.90 Å². The molecule has 9 rings (SSSR count). The van der Waals surface area contributed by atoms with Gasteiger partial charge >= 0.3 is 0 Å². The van der Waals surface area contributed by atoms with Gasteiger partial charge in [-0.3, -0.25) is 0 Å². The van der Waals surface area contributed by atoms with Gasteiger partial charge in [-0.25, -0.2) is 0 Å². The molecule has 0 fully saturated rings. The van der Waals surface area contributed by atoms with Crippen LogP contribution in [-0.2, 0) is 0 Å². The minimum Gasteiger partial charge on any atom is -0.310 e. The Labute approximate surface area is 304 Å². The Hall–Kier alpha value is -6.64. The lowest BCUT2D eigenvalue weighted by molar-refractivity contribution is 1.18. The van der Waals surface area contributed by atoms with E-state index in [1.54, 1.807) is 60.7 Å². The molecular formula is C48H34N2. The largest absolute Gasteiger partial charge is 0.310 e. The monoisotopic (exact) mass is 646 g/mol. The van der Waals surface area contributed by atoms with Crippen molar-refractivity contribution in [1.29, 1.82) is 0 Å². The molecule has 50 heavy (non-hydrogen) atoms. The van der Waals surface area contributed by atoms with Crippen molar-refractivity contribution in [2.75, 3.05) is 4.90 Å². The minimum absolute atomic E-state index is 0.120. The molecule has 1 aromatic heterocycles. The molecule has 0 aliphatic rings. The van der Waals surface area contributed by atoms with Gasteiger partial charge in [0, 0.05) is 33.5 Å². The highest BCUT2D eigenvalue weighted by Gasteiger charge is 2.16. The number of anilines is 3. The molecular weight excluding hydrogens is 605 g/mol. The van der Waals surface area contributed by atoms with Gasteiger partial charge < -0.3 is 9.47 Å². The van der Waals surface area contributed by atoms with E-state index in [0.717, 1.165) is 38.6 Å². The van der Waals surface area contributed by atoms with Gasteiger partial charge in [0.2, 0.25) is 0 Å². The smallest absolute Gasteiger partial charge is 0.0645 e. The highest BCUT2D eigenvalue weighted by Crippen LogP contribution is 2.40. The molecule has 0 atom stereocenters. The summed E-state index contributed by atoms with van der Waals surface area (Å²) in [7, 11) is 0. The van der Waals surface area contributed by atoms with Crippen molar-refractivity contribution in [3.05, 3.63) is 206 Å². The Morgan fingerprint density at radius 2 is 0.840 bits per heavy atom. The van der Waals surface area contributed by atoms with Crippen LogP contribution in [0, 0.1) is 0 Å². The van der Waals surface area contributed by atoms with Crippen LogP contribution in [0.2, 0.25) is 0 Å². The van der Waals surface area contributed by atoms with Gasteiger partial charge in [0.15, 0.2) is 0 Å². The summed E-state index contributed by atoms with van der Waals surface area (Å²) < 4.78 is 76.4. The van der Waals surface area contributed by atoms with Crippen LogP contribution < -0.4 is 4.90 Å². The lowest BCUT2D eigenvalue weighted by Crippen LogP contribution is -2.10. The summed E-state index contributed by atoms with van der Waals surface area (Å²) in [6.45, 7) is 0. The number of rotatable bonds is 7. The van der Waals surface area contributed by atoms with Crippen LogP contribution in [0.5, 0.6) is 0 Å². The zero-order valence-electron chi connectivity index (χ0n) is 34.9. The Bertz CT molecular complexity index is 2870. The fourth-order valence-corrected chi connectivity index (χ4v) is 6.54. The number of nitrogens with zero attached hydrogens (tertiary/aromatic N) is 2. The Kier molecular flexibility index (Phi) is 5.63. The van der Waals surface area contributed by atoms with Crippen LogP contribution >= 0.6 is 0 Å². The Morgan fingerprint density at radius 1 is 0.340 bits per heavy atom. The first-order valence-electron chi connectivity index (χ1n) is 20.5. The fraction of sp³-hybridized carbons (Fsp3) is 0. The SMILES string of the molecule is [2H]c1c([2H])c(N(c2cccc(-c3ccc4c(c3)c3ccccc3n4-c3ccccc3)c2)c2c([2H])c([2H])c(-c3ccccc3)c([2H])c2[2H])c([2H])c([2H])c1-c1ccccc1. The summed E-state index contributed by atoms with van der Waals surface area (Å²) in [5.41, 5.74) is 5.97. The maximum atomic E-state index is 9.38. The Morgan fingerprint density at radius 3 is 1.46 bits per heavy atom. The first-order valence-corrected chi connectivity index (χ1v) is 16.5. The van der Waals surface area contributed by atoms with E-state index in [1.807, 2.05) is 60.7 Å². The molecule has 0 aliphatic heterocycles. The van der Waals surface area contributed by atoms with Crippen molar-refractivity contribution >= 4 is 38.9 Å². The fourth-order valence-electron chi connectivity index (χ4n) is 6.54. The van der Waals surface area contributed by atoms with Crippen molar-refractivity contribution in [3.8, 4) is 39.1 Å². The van der Waals surface area contributed by atoms with Crippen molar-refractivity contribution in [2.45, 2.75) is 0 Å². The van der Waals surface area contributed by atoms with E-state index in [0.29, 0.717) is 16.8 Å². The van der Waals surface area contributed by atoms with Gasteiger partial charge in [-0.15, -0.1) is 0 Å². The third kappa shape index (κ3) is 5.43. The van der Waals surface area contributed by atoms with E-state index in [-0.39, 0.29) is 70.8 Å². The van der Waals surface area contributed by atoms with Gasteiger partial charge in [-0.1, -0.05) is 139 Å². The number of fused-ring (bicyclic) bond motifs is 3. The van der Waals surface area contributed by atoms with Crippen LogP contribution in [0.25, 0.3) is 60.9 Å². The predicted octanol–water partition coefficient (Wildman–Crippen LogP) is 13.3. The van der Waals surface area contributed by atoms with Crippen LogP contribution in [0.1, 0.15) is 11.0 Å². The zero-order chi connectivity index (χ0) is 40.2. The van der Waals surface area contributed by atoms with Gasteiger partial charge in [0.05, 0.1) is 22.0 Å². The van der Waals surface area contributed by atoms with Crippen molar-refractivity contribution in [1.82, 2.24) is 4.57 Å². The first kappa shape index (κ1) is 22.1. The van der Waals surface area contributed by atoms with Gasteiger partial charge in [0.25, 0.3) is 0 Å². The zero-order valence-corrected chi connectivity index (χ0v) is 26.9. The number of benzene rings is 8. The first-order chi connectivity index (χ1) is 28.2. The molecule has 9 aromatic rings. The number of para-hydroxylation sites is 2. The average Bonchev–Trinajstić information content (AvgIpc) is 3.59. The third-order valence-electron chi connectivity index (χ3n) is 8.92. The maximum Gasteiger partial charge on any atom is 0.0645 e. The number of hydrogen-bond acceptors (Lipinski definition) is 1. The summed E-state index contributed by atoms with van der Waals surface area (Å²) in [5, 5.41) is 2.11. The van der Waals surface area contributed by atoms with Crippen molar-refractivity contribution in [2.24, 2.45) is 0 Å². The maximum absolute atomic E-state index is 9.38. The second-order valence-electron chi connectivity index (χ2n) is 12.0. The molecule has 0 amide bonds. The molecule has 2 nitrogen and oxygen atoms in total. The topological polar surface area (TPSA) is 8.17 Å². The second kappa shape index (κ2) is 12.8. The molecule has 0 radical (unpaired) electrons. The molecule has 0 N–H and O–H groups in total. The van der Waals surface area contributed by atoms with Crippen molar-refractivity contribution < 1.29 is 11.0 Å². The molecule has 0 bridgehead atoms. The van der Waals surface area contributed by atoms with Gasteiger partial charge in [0.1, 0.15) is 0 Å². The quantitative estimate of drug-likeness (QED) is 0.167. The van der Waals surface area contributed by atoms with Crippen LogP contribution in [-0.4, -0.2) is 4.57 Å². The molecule has 236 valence electrons. The number of aromatic nitrogens is 1. The summed E-state index contributed by atoms with van der Waals surface area (Å²) >= 11 is 0. The second-order valence-corrected chi connectivity index (χ2v) is 12.0. The normalized spacial score (nSPS) is 13.4. The van der Waals surface area contributed by atoms with Crippen LogP contribution in [0.4, 0.5) is 17.1 Å². The van der Waals surface area contributed by atoms with Gasteiger partial charge in [-0.2, -0.15) is 0 Å². The molecule has 2 heteroatoms. The van der Waals surface area contributed by atoms with Crippen molar-refractivity contribution in [3.63, 3.8) is 0 Å². The van der Waals surface area contributed by atoms with E-state index >= 15 is 0 Å². The predicted molar refractivity (Wildman–Crippen MR) is 212 cm³/mol. The third-order valence-corrected chi connectivity index (χ3v) is 8.92. The van der Waals surface area contributed by atoms with E-state index in [2.05, 4.69) is 41.0 Å². The van der Waals surface area contributed by atoms with E-state index < -0.39 is 0 Å². The molecule has 1 heterocycles. The van der Waals surface area contributed by atoms with Crippen LogP contribution in [0.15, 0.2) is 206 Å². The molecule has 8 aromatic carbocycles. The molecule has 0 unspecified atom stereocenters. The Balaban J connectivity index is 1.28. The lowest BCUT2D eigenvalue weighted by atomic mass is 10.0. The summed E-state index contributed by atoms with van der Waals surface area (Å²) in [5.74, 6) is 0. The molecule has 0 saturated carbocycles. The minimum atomic E-state index is -0.385. The summed E-state index contributed by atoms with van der Waals surface area (Å²) in [4.78, 5) is 1.36. The summed E-state index contributed by atoms with van der Waals surface area (Å²) in [6, 6.07) is 46.8. The highest BCUT2D eigenvalue weighted by molar-refractivity contribution is 6.10. The molecule has 0 aliphatic carbocycles. The molecule has 0 saturated heterocycles.